The van der Waals surface area contributed by atoms with E-state index in [1.807, 2.05) is 25.7 Å². The molecule has 1 heterocycles. The van der Waals surface area contributed by atoms with Gasteiger partial charge >= 0.3 is 6.09 Å². The molecule has 33 heavy (non-hydrogen) atoms. The molecule has 0 radical (unpaired) electrons. The fourth-order valence-electron chi connectivity index (χ4n) is 4.83. The lowest BCUT2D eigenvalue weighted by atomic mass is 10.1. The van der Waals surface area contributed by atoms with Gasteiger partial charge in [-0.2, -0.15) is 0 Å². The van der Waals surface area contributed by atoms with E-state index in [0.717, 1.165) is 25.9 Å². The third-order valence-electron chi connectivity index (χ3n) is 6.15. The summed E-state index contributed by atoms with van der Waals surface area (Å²) >= 11 is 0. The molecule has 4 rings (SSSR count). The van der Waals surface area contributed by atoms with Gasteiger partial charge in [-0.15, -0.1) is 0 Å². The SMILES string of the molecule is CC(C)(C)OC(=O)N1CCC([P+](c2ccccc2)(c2ccccc2)c2ccccc2)CC1.[Br-]. The third-order valence-corrected chi connectivity index (χ3v) is 11.1. The van der Waals surface area contributed by atoms with E-state index < -0.39 is 12.9 Å². The van der Waals surface area contributed by atoms with Crippen LogP contribution >= 0.6 is 7.26 Å². The van der Waals surface area contributed by atoms with Crippen molar-refractivity contribution < 1.29 is 26.5 Å². The number of ether oxygens (including phenoxy) is 1. The molecular weight excluding hydrogens is 493 g/mol. The highest BCUT2D eigenvalue weighted by Crippen LogP contribution is 2.62. The summed E-state index contributed by atoms with van der Waals surface area (Å²) in [4.78, 5) is 14.6. The van der Waals surface area contributed by atoms with Crippen LogP contribution < -0.4 is 32.9 Å². The van der Waals surface area contributed by atoms with E-state index in [1.165, 1.54) is 15.9 Å². The minimum atomic E-state index is -1.91. The van der Waals surface area contributed by atoms with Crippen molar-refractivity contribution in [1.82, 2.24) is 4.90 Å². The number of benzene rings is 3. The first-order valence-corrected chi connectivity index (χ1v) is 13.3. The van der Waals surface area contributed by atoms with Crippen molar-refractivity contribution in [3.63, 3.8) is 0 Å². The Morgan fingerprint density at radius 2 is 1.12 bits per heavy atom. The van der Waals surface area contributed by atoms with Crippen LogP contribution in [0.3, 0.4) is 0 Å². The molecule has 0 unspecified atom stereocenters. The van der Waals surface area contributed by atoms with E-state index in [2.05, 4.69) is 91.0 Å². The number of likely N-dealkylation sites (tertiary alicyclic amines) is 1. The van der Waals surface area contributed by atoms with Gasteiger partial charge in [0.05, 0.1) is 5.66 Å². The molecule has 3 aromatic carbocycles. The summed E-state index contributed by atoms with van der Waals surface area (Å²) in [5.74, 6) is 0. The maximum atomic E-state index is 12.7. The van der Waals surface area contributed by atoms with Crippen molar-refractivity contribution in [3.8, 4) is 0 Å². The lowest BCUT2D eigenvalue weighted by Gasteiger charge is -2.40. The van der Waals surface area contributed by atoms with E-state index in [1.54, 1.807) is 0 Å². The van der Waals surface area contributed by atoms with Crippen LogP contribution in [-0.4, -0.2) is 35.3 Å². The Balaban J connectivity index is 0.00000306. The number of amides is 1. The standard InChI is InChI=1S/C28H33NO2P.BrH/c1-28(2,3)31-27(30)29-21-19-26(20-22-29)32(23-13-7-4-8-14-23,24-15-9-5-10-16-24)25-17-11-6-12-18-25;/h4-18,26H,19-22H2,1-3H3;1H/q+1;/p-1. The number of hydrogen-bond acceptors (Lipinski definition) is 2. The first-order chi connectivity index (χ1) is 15.4. The first-order valence-electron chi connectivity index (χ1n) is 11.4. The molecule has 1 aliphatic heterocycles. The number of nitrogens with zero attached hydrogens (tertiary/aromatic N) is 1. The average molecular weight is 526 g/mol. The summed E-state index contributed by atoms with van der Waals surface area (Å²) < 4.78 is 5.65. The van der Waals surface area contributed by atoms with Crippen LogP contribution in [0.25, 0.3) is 0 Å². The zero-order chi connectivity index (χ0) is 22.6. The van der Waals surface area contributed by atoms with Crippen LogP contribution in [0, 0.1) is 0 Å². The minimum absolute atomic E-state index is 0. The van der Waals surface area contributed by atoms with Crippen LogP contribution in [0.4, 0.5) is 4.79 Å². The van der Waals surface area contributed by atoms with E-state index in [9.17, 15) is 4.79 Å². The maximum Gasteiger partial charge on any atom is 0.410 e. The number of carbonyl (C=O) groups excluding carboxylic acids is 1. The number of hydrogen-bond donors (Lipinski definition) is 0. The number of rotatable bonds is 4. The summed E-state index contributed by atoms with van der Waals surface area (Å²) in [5.41, 5.74) is -0.00334. The number of halogens is 1. The summed E-state index contributed by atoms with van der Waals surface area (Å²) in [7, 11) is -1.91. The van der Waals surface area contributed by atoms with Crippen LogP contribution in [0.2, 0.25) is 0 Å². The van der Waals surface area contributed by atoms with Crippen LogP contribution in [0.1, 0.15) is 33.6 Å². The Morgan fingerprint density at radius 1 is 0.758 bits per heavy atom. The summed E-state index contributed by atoms with van der Waals surface area (Å²) in [6, 6.07) is 33.0. The fraction of sp³-hybridized carbons (Fsp3) is 0.321. The molecule has 0 bridgehead atoms. The largest absolute Gasteiger partial charge is 1.00 e. The van der Waals surface area contributed by atoms with Crippen molar-refractivity contribution >= 4 is 29.3 Å². The second kappa shape index (κ2) is 10.8. The molecule has 0 aromatic heterocycles. The van der Waals surface area contributed by atoms with Crippen LogP contribution in [0.5, 0.6) is 0 Å². The molecule has 0 N–H and O–H groups in total. The molecule has 1 amide bonds. The molecule has 0 spiro atoms. The Morgan fingerprint density at radius 3 is 1.45 bits per heavy atom. The Kier molecular flexibility index (Phi) is 8.37. The highest BCUT2D eigenvalue weighted by molar-refractivity contribution is 7.96. The van der Waals surface area contributed by atoms with Crippen molar-refractivity contribution in [2.75, 3.05) is 13.1 Å². The third kappa shape index (κ3) is 5.50. The lowest BCUT2D eigenvalue weighted by molar-refractivity contribution is -0.0000540. The molecule has 1 aliphatic rings. The molecule has 1 fully saturated rings. The van der Waals surface area contributed by atoms with Gasteiger partial charge in [0, 0.05) is 25.9 Å². The normalized spacial score (nSPS) is 14.9. The molecule has 5 heteroatoms. The topological polar surface area (TPSA) is 29.5 Å². The fourth-order valence-corrected chi connectivity index (χ4v) is 9.92. The second-order valence-corrected chi connectivity index (χ2v) is 13.2. The van der Waals surface area contributed by atoms with Crippen molar-refractivity contribution in [2.24, 2.45) is 0 Å². The van der Waals surface area contributed by atoms with E-state index in [4.69, 9.17) is 4.74 Å². The van der Waals surface area contributed by atoms with Gasteiger partial charge in [-0.3, -0.25) is 0 Å². The zero-order valence-corrected chi connectivity index (χ0v) is 22.1. The summed E-state index contributed by atoms with van der Waals surface area (Å²) in [6.07, 6.45) is 1.73. The van der Waals surface area contributed by atoms with Gasteiger partial charge < -0.3 is 26.6 Å². The highest BCUT2D eigenvalue weighted by Gasteiger charge is 2.53. The van der Waals surface area contributed by atoms with E-state index in [0.29, 0.717) is 5.66 Å². The molecule has 1 saturated heterocycles. The van der Waals surface area contributed by atoms with Crippen molar-refractivity contribution in [2.45, 2.75) is 44.9 Å². The van der Waals surface area contributed by atoms with Crippen LogP contribution in [-0.2, 0) is 4.74 Å². The molecule has 0 saturated carbocycles. The van der Waals surface area contributed by atoms with Crippen molar-refractivity contribution in [1.29, 1.82) is 0 Å². The zero-order valence-electron chi connectivity index (χ0n) is 19.7. The Labute approximate surface area is 209 Å². The van der Waals surface area contributed by atoms with Crippen LogP contribution in [0.15, 0.2) is 91.0 Å². The van der Waals surface area contributed by atoms with Crippen molar-refractivity contribution in [3.05, 3.63) is 91.0 Å². The molecule has 0 aliphatic carbocycles. The summed E-state index contributed by atoms with van der Waals surface area (Å²) in [5, 5.41) is 4.23. The molecule has 3 aromatic rings. The quantitative estimate of drug-likeness (QED) is 0.489. The van der Waals surface area contributed by atoms with Gasteiger partial charge in [0.1, 0.15) is 28.8 Å². The number of carbonyl (C=O) groups is 1. The van der Waals surface area contributed by atoms with Gasteiger partial charge in [0.15, 0.2) is 0 Å². The predicted molar refractivity (Wildman–Crippen MR) is 136 cm³/mol. The van der Waals surface area contributed by atoms with Gasteiger partial charge in [0.25, 0.3) is 0 Å². The number of piperidine rings is 1. The first kappa shape index (κ1) is 25.5. The van der Waals surface area contributed by atoms with Gasteiger partial charge in [-0.25, -0.2) is 4.79 Å². The average Bonchev–Trinajstić information content (AvgIpc) is 2.81. The predicted octanol–water partition coefficient (Wildman–Crippen LogP) is 2.38. The molecule has 3 nitrogen and oxygen atoms in total. The van der Waals surface area contributed by atoms with Gasteiger partial charge in [-0.05, 0) is 57.2 Å². The molecule has 174 valence electrons. The second-order valence-electron chi connectivity index (χ2n) is 9.43. The Bertz CT molecular complexity index is 917. The lowest BCUT2D eigenvalue weighted by Crippen LogP contribution is -3.00. The Hall–Kier alpha value is -2.16. The maximum absolute atomic E-state index is 12.7. The highest BCUT2D eigenvalue weighted by atomic mass is 79.9. The smallest absolute Gasteiger partial charge is 0.410 e. The molecule has 0 atom stereocenters. The van der Waals surface area contributed by atoms with E-state index in [-0.39, 0.29) is 23.1 Å². The summed E-state index contributed by atoms with van der Waals surface area (Å²) in [6.45, 7) is 7.24. The van der Waals surface area contributed by atoms with Gasteiger partial charge in [-0.1, -0.05) is 54.6 Å². The molecular formula is C28H33BrNO2P. The van der Waals surface area contributed by atoms with Gasteiger partial charge in [0.2, 0.25) is 0 Å². The minimum Gasteiger partial charge on any atom is -1.00 e. The monoisotopic (exact) mass is 525 g/mol. The van der Waals surface area contributed by atoms with E-state index >= 15 is 0 Å².